The van der Waals surface area contributed by atoms with Crippen LogP contribution >= 0.6 is 11.6 Å². The molecule has 102 valence electrons. The monoisotopic (exact) mass is 295 g/mol. The zero-order valence-electron chi connectivity index (χ0n) is 10.1. The molecule has 0 amide bonds. The Hall–Kier alpha value is -1.15. The number of nitro groups is 1. The minimum absolute atomic E-state index is 0.103. The van der Waals surface area contributed by atoms with Gasteiger partial charge in [0.1, 0.15) is 5.69 Å². The molecule has 7 nitrogen and oxygen atoms in total. The van der Waals surface area contributed by atoms with Gasteiger partial charge in [-0.15, -0.1) is 11.6 Å². The molecule has 0 aliphatic rings. The van der Waals surface area contributed by atoms with Crippen LogP contribution in [0.5, 0.6) is 0 Å². The average molecular weight is 296 g/mol. The van der Waals surface area contributed by atoms with Crippen molar-refractivity contribution in [1.29, 1.82) is 0 Å². The summed E-state index contributed by atoms with van der Waals surface area (Å²) >= 11 is 5.46. The van der Waals surface area contributed by atoms with Crippen LogP contribution in [-0.4, -0.2) is 34.8 Å². The van der Waals surface area contributed by atoms with E-state index < -0.39 is 20.4 Å². The molecule has 0 spiro atoms. The Kier molecular flexibility index (Phi) is 4.69. The van der Waals surface area contributed by atoms with E-state index in [9.17, 15) is 18.5 Å². The molecule has 0 bridgehead atoms. The lowest BCUT2D eigenvalue weighted by Crippen LogP contribution is -2.15. The van der Waals surface area contributed by atoms with Crippen LogP contribution in [0.4, 0.5) is 5.69 Å². The molecular weight excluding hydrogens is 282 g/mol. The van der Waals surface area contributed by atoms with Gasteiger partial charge in [0.15, 0.2) is 0 Å². The summed E-state index contributed by atoms with van der Waals surface area (Å²) in [6.07, 6.45) is 0.245. The van der Waals surface area contributed by atoms with Gasteiger partial charge >= 0.3 is 5.69 Å². The Balaban J connectivity index is 3.42. The van der Waals surface area contributed by atoms with Gasteiger partial charge in [-0.3, -0.25) is 10.1 Å². The van der Waals surface area contributed by atoms with Crippen molar-refractivity contribution in [2.75, 3.05) is 11.6 Å². The molecule has 1 rings (SSSR count). The van der Waals surface area contributed by atoms with E-state index in [-0.39, 0.29) is 35.3 Å². The standard InChI is InChI=1S/C9H14ClN3O4S/c1-3-12-9(18(16,17)6-4-5-10)8(13(14)15)7(2)11-12/h3-6H2,1-2H3. The minimum atomic E-state index is -3.75. The number of alkyl halides is 1. The fourth-order valence-electron chi connectivity index (χ4n) is 1.62. The van der Waals surface area contributed by atoms with Crippen LogP contribution < -0.4 is 0 Å². The molecule has 0 saturated carbocycles. The van der Waals surface area contributed by atoms with Crippen molar-refractivity contribution in [3.63, 3.8) is 0 Å². The zero-order chi connectivity index (χ0) is 13.9. The lowest BCUT2D eigenvalue weighted by atomic mass is 10.4. The minimum Gasteiger partial charge on any atom is -0.258 e. The van der Waals surface area contributed by atoms with Crippen molar-refractivity contribution in [3.05, 3.63) is 15.8 Å². The van der Waals surface area contributed by atoms with Gasteiger partial charge in [0.05, 0.1) is 10.7 Å². The third-order valence-corrected chi connectivity index (χ3v) is 4.46. The van der Waals surface area contributed by atoms with E-state index in [0.717, 1.165) is 4.68 Å². The second-order valence-corrected chi connectivity index (χ2v) is 6.08. The Morgan fingerprint density at radius 2 is 2.11 bits per heavy atom. The molecule has 0 aromatic carbocycles. The molecule has 0 aliphatic carbocycles. The summed E-state index contributed by atoms with van der Waals surface area (Å²) in [7, 11) is -3.75. The number of nitrogens with zero attached hydrogens (tertiary/aromatic N) is 3. The third-order valence-electron chi connectivity index (χ3n) is 2.37. The van der Waals surface area contributed by atoms with E-state index in [0.29, 0.717) is 0 Å². The molecule has 0 saturated heterocycles. The van der Waals surface area contributed by atoms with Crippen LogP contribution in [0.2, 0.25) is 0 Å². The van der Waals surface area contributed by atoms with Gasteiger partial charge in [0.25, 0.3) is 0 Å². The first-order valence-corrected chi connectivity index (χ1v) is 7.54. The summed E-state index contributed by atoms with van der Waals surface area (Å²) in [5, 5.41) is 14.5. The van der Waals surface area contributed by atoms with Crippen molar-refractivity contribution in [2.24, 2.45) is 0 Å². The first-order valence-electron chi connectivity index (χ1n) is 5.35. The number of sulfone groups is 1. The molecule has 0 unspecified atom stereocenters. The van der Waals surface area contributed by atoms with Gasteiger partial charge in [-0.1, -0.05) is 0 Å². The van der Waals surface area contributed by atoms with E-state index >= 15 is 0 Å². The van der Waals surface area contributed by atoms with E-state index in [1.165, 1.54) is 6.92 Å². The maximum atomic E-state index is 12.1. The van der Waals surface area contributed by atoms with E-state index in [4.69, 9.17) is 11.6 Å². The summed E-state index contributed by atoms with van der Waals surface area (Å²) in [5.74, 6) is -0.0330. The van der Waals surface area contributed by atoms with Crippen molar-refractivity contribution in [3.8, 4) is 0 Å². The molecule has 0 atom stereocenters. The molecule has 0 aliphatic heterocycles. The largest absolute Gasteiger partial charge is 0.328 e. The fraction of sp³-hybridized carbons (Fsp3) is 0.667. The molecule has 1 aromatic rings. The SMILES string of the molecule is CCn1nc(C)c([N+](=O)[O-])c1S(=O)(=O)CCCCl. The van der Waals surface area contributed by atoms with Gasteiger partial charge in [-0.25, -0.2) is 13.1 Å². The summed E-state index contributed by atoms with van der Waals surface area (Å²) < 4.78 is 25.3. The van der Waals surface area contributed by atoms with Crippen molar-refractivity contribution in [1.82, 2.24) is 9.78 Å². The van der Waals surface area contributed by atoms with Gasteiger partial charge in [0.2, 0.25) is 14.9 Å². The lowest BCUT2D eigenvalue weighted by Gasteiger charge is -2.04. The predicted molar refractivity (Wildman–Crippen MR) is 66.7 cm³/mol. The highest BCUT2D eigenvalue weighted by molar-refractivity contribution is 7.91. The van der Waals surface area contributed by atoms with Crippen LogP contribution in [0.1, 0.15) is 19.0 Å². The van der Waals surface area contributed by atoms with Crippen LogP contribution in [0.25, 0.3) is 0 Å². The number of hydrogen-bond acceptors (Lipinski definition) is 5. The molecule has 18 heavy (non-hydrogen) atoms. The van der Waals surface area contributed by atoms with Gasteiger partial charge in [-0.05, 0) is 20.3 Å². The summed E-state index contributed by atoms with van der Waals surface area (Å²) in [6.45, 7) is 3.35. The lowest BCUT2D eigenvalue weighted by molar-refractivity contribution is -0.388. The quantitative estimate of drug-likeness (QED) is 0.450. The Morgan fingerprint density at radius 1 is 1.50 bits per heavy atom. The zero-order valence-corrected chi connectivity index (χ0v) is 11.7. The Bertz CT molecular complexity index is 552. The first kappa shape index (κ1) is 14.9. The summed E-state index contributed by atoms with van der Waals surface area (Å²) in [5.41, 5.74) is -0.335. The molecule has 9 heteroatoms. The van der Waals surface area contributed by atoms with E-state index in [1.54, 1.807) is 6.92 Å². The van der Waals surface area contributed by atoms with E-state index in [1.807, 2.05) is 0 Å². The second kappa shape index (κ2) is 5.66. The van der Waals surface area contributed by atoms with Gasteiger partial charge < -0.3 is 0 Å². The van der Waals surface area contributed by atoms with Crippen LogP contribution in [0.15, 0.2) is 5.03 Å². The number of hydrogen-bond donors (Lipinski definition) is 0. The summed E-state index contributed by atoms with van der Waals surface area (Å²) in [4.78, 5) is 10.2. The van der Waals surface area contributed by atoms with Gasteiger partial charge in [-0.2, -0.15) is 5.10 Å². The molecule has 1 heterocycles. The number of aromatic nitrogens is 2. The van der Waals surface area contributed by atoms with E-state index in [2.05, 4.69) is 5.10 Å². The molecular formula is C9H14ClN3O4S. The van der Waals surface area contributed by atoms with Crippen molar-refractivity contribution < 1.29 is 13.3 Å². The van der Waals surface area contributed by atoms with Gasteiger partial charge in [0, 0.05) is 12.4 Å². The first-order chi connectivity index (χ1) is 8.35. The smallest absolute Gasteiger partial charge is 0.258 e. The maximum Gasteiger partial charge on any atom is 0.328 e. The fourth-order valence-corrected chi connectivity index (χ4v) is 3.64. The second-order valence-electron chi connectivity index (χ2n) is 3.67. The third kappa shape index (κ3) is 2.81. The molecule has 0 N–H and O–H groups in total. The maximum absolute atomic E-state index is 12.1. The van der Waals surface area contributed by atoms with Crippen LogP contribution in [0.3, 0.4) is 0 Å². The highest BCUT2D eigenvalue weighted by Gasteiger charge is 2.33. The highest BCUT2D eigenvalue weighted by Crippen LogP contribution is 2.28. The molecule has 0 fully saturated rings. The Labute approximate surface area is 110 Å². The average Bonchev–Trinajstić information content (AvgIpc) is 2.64. The number of halogens is 1. The Morgan fingerprint density at radius 3 is 2.56 bits per heavy atom. The normalized spacial score (nSPS) is 11.7. The highest BCUT2D eigenvalue weighted by atomic mass is 35.5. The predicted octanol–water partition coefficient (Wildman–Crippen LogP) is 1.52. The van der Waals surface area contributed by atoms with Crippen molar-refractivity contribution in [2.45, 2.75) is 31.8 Å². The van der Waals surface area contributed by atoms with Crippen LogP contribution in [-0.2, 0) is 16.4 Å². The number of rotatable bonds is 6. The summed E-state index contributed by atoms with van der Waals surface area (Å²) in [6, 6.07) is 0. The van der Waals surface area contributed by atoms with Crippen molar-refractivity contribution >= 4 is 27.1 Å². The van der Waals surface area contributed by atoms with Crippen LogP contribution in [0, 0.1) is 17.0 Å². The molecule has 1 aromatic heterocycles. The number of aryl methyl sites for hydroxylation is 2. The molecule has 0 radical (unpaired) electrons. The topological polar surface area (TPSA) is 95.1 Å².